The molecule has 2 aliphatic rings. The van der Waals surface area contributed by atoms with Crippen LogP contribution >= 0.6 is 0 Å². The predicted molar refractivity (Wildman–Crippen MR) is 133 cm³/mol. The second kappa shape index (κ2) is 8.79. The Labute approximate surface area is 206 Å². The van der Waals surface area contributed by atoms with Crippen LogP contribution in [-0.4, -0.2) is 28.9 Å². The van der Waals surface area contributed by atoms with Crippen molar-refractivity contribution < 1.29 is 18.7 Å². The number of aromatic nitrogens is 2. The van der Waals surface area contributed by atoms with Crippen LogP contribution in [0.4, 0.5) is 11.7 Å². The van der Waals surface area contributed by atoms with Gasteiger partial charge in [0.1, 0.15) is 0 Å². The number of fused-ring (bicyclic) bond motifs is 2. The number of ether oxygens (including phenoxy) is 2. The maximum atomic E-state index is 11.6. The van der Waals surface area contributed by atoms with Crippen LogP contribution in [0.5, 0.6) is 0 Å². The molecule has 5 rings (SSSR count). The first-order valence-corrected chi connectivity index (χ1v) is 12.3. The van der Waals surface area contributed by atoms with Crippen molar-refractivity contribution in [3.63, 3.8) is 0 Å². The molecule has 1 N–H and O–H groups in total. The molecular weight excluding hydrogens is 442 g/mol. The molecule has 0 spiro atoms. The van der Waals surface area contributed by atoms with Gasteiger partial charge in [-0.25, -0.2) is 0 Å². The van der Waals surface area contributed by atoms with Crippen LogP contribution in [-0.2, 0) is 25.3 Å². The Morgan fingerprint density at radius 2 is 1.60 bits per heavy atom. The minimum Gasteiger partial charge on any atom is -0.469 e. The molecule has 35 heavy (non-hydrogen) atoms. The molecule has 184 valence electrons. The number of benzene rings is 2. The zero-order valence-electron chi connectivity index (χ0n) is 20.9. The molecule has 0 unspecified atom stereocenters. The Morgan fingerprint density at radius 3 is 2.17 bits per heavy atom. The van der Waals surface area contributed by atoms with E-state index in [4.69, 9.17) is 13.9 Å². The molecular formula is C28H33N3O4. The third-order valence-corrected chi connectivity index (χ3v) is 7.34. The molecule has 0 amide bonds. The van der Waals surface area contributed by atoms with Crippen molar-refractivity contribution in [2.75, 3.05) is 12.4 Å². The van der Waals surface area contributed by atoms with Gasteiger partial charge in [-0.3, -0.25) is 4.79 Å². The number of anilines is 2. The average Bonchev–Trinajstić information content (AvgIpc) is 3.58. The average molecular weight is 476 g/mol. The summed E-state index contributed by atoms with van der Waals surface area (Å²) in [6, 6.07) is 17.3. The molecule has 1 aromatic heterocycles. The molecule has 2 fully saturated rings. The second-order valence-corrected chi connectivity index (χ2v) is 10.8. The van der Waals surface area contributed by atoms with Crippen molar-refractivity contribution in [1.82, 2.24) is 10.2 Å². The lowest BCUT2D eigenvalue weighted by Crippen LogP contribution is -2.25. The van der Waals surface area contributed by atoms with Crippen LogP contribution in [0.1, 0.15) is 70.8 Å². The summed E-state index contributed by atoms with van der Waals surface area (Å²) in [5, 5.41) is 11.4. The van der Waals surface area contributed by atoms with Gasteiger partial charge in [-0.15, -0.1) is 5.10 Å². The Hall–Kier alpha value is -3.19. The first-order chi connectivity index (χ1) is 16.7. The summed E-state index contributed by atoms with van der Waals surface area (Å²) in [5.74, 6) is 0.440. The van der Waals surface area contributed by atoms with E-state index in [0.717, 1.165) is 48.9 Å². The highest BCUT2D eigenvalue weighted by atomic mass is 16.5. The number of methoxy groups -OCH3 is 1. The lowest BCUT2D eigenvalue weighted by molar-refractivity contribution is -0.142. The van der Waals surface area contributed by atoms with Crippen molar-refractivity contribution in [2.24, 2.45) is 0 Å². The van der Waals surface area contributed by atoms with Crippen LogP contribution < -0.4 is 5.32 Å². The largest absolute Gasteiger partial charge is 0.469 e. The Balaban J connectivity index is 1.24. The number of rotatable bonds is 7. The number of nitrogens with one attached hydrogen (secondary N) is 1. The Morgan fingerprint density at radius 1 is 0.971 bits per heavy atom. The van der Waals surface area contributed by atoms with Crippen LogP contribution in [0.15, 0.2) is 52.9 Å². The zero-order chi connectivity index (χ0) is 24.7. The number of hydrogen-bond donors (Lipinski definition) is 1. The molecule has 0 saturated carbocycles. The topological polar surface area (TPSA) is 86.5 Å². The monoisotopic (exact) mass is 475 g/mol. The van der Waals surface area contributed by atoms with Crippen molar-refractivity contribution in [2.45, 2.75) is 75.9 Å². The van der Waals surface area contributed by atoms with Gasteiger partial charge in [0.25, 0.3) is 0 Å². The lowest BCUT2D eigenvalue weighted by atomic mass is 9.77. The second-order valence-electron chi connectivity index (χ2n) is 10.8. The van der Waals surface area contributed by atoms with Gasteiger partial charge in [-0.1, -0.05) is 62.3 Å². The molecule has 2 aromatic carbocycles. The van der Waals surface area contributed by atoms with Crippen LogP contribution in [0.25, 0.3) is 11.1 Å². The summed E-state index contributed by atoms with van der Waals surface area (Å²) in [6.45, 7) is 6.12. The van der Waals surface area contributed by atoms with E-state index in [2.05, 4.69) is 51.9 Å². The number of carbonyl (C=O) groups is 1. The van der Waals surface area contributed by atoms with Crippen molar-refractivity contribution in [3.8, 4) is 11.1 Å². The third-order valence-electron chi connectivity index (χ3n) is 7.34. The molecule has 2 saturated heterocycles. The summed E-state index contributed by atoms with van der Waals surface area (Å²) in [5.41, 5.74) is 3.81. The van der Waals surface area contributed by atoms with Crippen LogP contribution in [0.2, 0.25) is 0 Å². The number of carbonyl (C=O) groups excluding carboxylic acids is 1. The van der Waals surface area contributed by atoms with E-state index in [1.165, 1.54) is 12.7 Å². The summed E-state index contributed by atoms with van der Waals surface area (Å²) in [6.07, 6.45) is 5.15. The van der Waals surface area contributed by atoms with E-state index >= 15 is 0 Å². The third kappa shape index (κ3) is 4.69. The predicted octanol–water partition coefficient (Wildman–Crippen LogP) is 6.27. The van der Waals surface area contributed by atoms with Crippen molar-refractivity contribution in [1.29, 1.82) is 0 Å². The smallest absolute Gasteiger partial charge is 0.320 e. The highest BCUT2D eigenvalue weighted by molar-refractivity contribution is 5.69. The van der Waals surface area contributed by atoms with Gasteiger partial charge < -0.3 is 19.2 Å². The minimum absolute atomic E-state index is 0.162. The van der Waals surface area contributed by atoms with Crippen LogP contribution in [0, 0.1) is 0 Å². The summed E-state index contributed by atoms with van der Waals surface area (Å²) in [7, 11) is 1.44. The molecule has 0 atom stereocenters. The van der Waals surface area contributed by atoms with E-state index in [0.29, 0.717) is 18.3 Å². The first kappa shape index (κ1) is 23.5. The number of esters is 1. The number of hydrogen-bond acceptors (Lipinski definition) is 7. The van der Waals surface area contributed by atoms with E-state index < -0.39 is 0 Å². The fourth-order valence-electron chi connectivity index (χ4n) is 5.22. The highest BCUT2D eigenvalue weighted by Crippen LogP contribution is 2.57. The van der Waals surface area contributed by atoms with Gasteiger partial charge in [0, 0.05) is 17.5 Å². The molecule has 7 heteroatoms. The van der Waals surface area contributed by atoms with Gasteiger partial charge in [-0.2, -0.15) is 0 Å². The quantitative estimate of drug-likeness (QED) is 0.403. The molecule has 3 aromatic rings. The SMILES string of the molecule is COC(=O)CCC12CCC(c3ccc(-c4ccc(Nc5nnc(C(C)(C)C)o5)cc4)cc3)(CC1)O2. The summed E-state index contributed by atoms with van der Waals surface area (Å²) >= 11 is 0. The van der Waals surface area contributed by atoms with Gasteiger partial charge in [-0.05, 0) is 60.9 Å². The molecule has 0 aliphatic carbocycles. The minimum atomic E-state index is -0.224. The Bertz CT molecular complexity index is 1180. The van der Waals surface area contributed by atoms with Gasteiger partial charge in [0.15, 0.2) is 0 Å². The molecule has 3 heterocycles. The number of nitrogens with zero attached hydrogens (tertiary/aromatic N) is 2. The summed E-state index contributed by atoms with van der Waals surface area (Å²) < 4.78 is 17.2. The van der Waals surface area contributed by atoms with Crippen molar-refractivity contribution >= 4 is 17.7 Å². The normalized spacial score (nSPS) is 23.4. The highest BCUT2D eigenvalue weighted by Gasteiger charge is 2.56. The van der Waals surface area contributed by atoms with Gasteiger partial charge in [0.05, 0.1) is 18.3 Å². The molecule has 7 nitrogen and oxygen atoms in total. The van der Waals surface area contributed by atoms with Crippen LogP contribution in [0.3, 0.4) is 0 Å². The molecule has 0 radical (unpaired) electrons. The maximum Gasteiger partial charge on any atom is 0.320 e. The molecule has 2 aliphatic heterocycles. The Kier molecular flexibility index (Phi) is 5.91. The molecule has 2 bridgehead atoms. The fraction of sp³-hybridized carbons (Fsp3) is 0.464. The lowest BCUT2D eigenvalue weighted by Gasteiger charge is -2.25. The summed E-state index contributed by atoms with van der Waals surface area (Å²) in [4.78, 5) is 11.6. The van der Waals surface area contributed by atoms with Gasteiger partial charge >= 0.3 is 12.0 Å². The fourth-order valence-corrected chi connectivity index (χ4v) is 5.22. The van der Waals surface area contributed by atoms with E-state index in [1.807, 2.05) is 32.9 Å². The van der Waals surface area contributed by atoms with E-state index in [1.54, 1.807) is 0 Å². The maximum absolute atomic E-state index is 11.6. The van der Waals surface area contributed by atoms with E-state index in [9.17, 15) is 4.79 Å². The first-order valence-electron chi connectivity index (χ1n) is 12.3. The zero-order valence-corrected chi connectivity index (χ0v) is 20.9. The van der Waals surface area contributed by atoms with Gasteiger partial charge in [0.2, 0.25) is 5.89 Å². The van der Waals surface area contributed by atoms with E-state index in [-0.39, 0.29) is 22.6 Å². The standard InChI is InChI=1S/C28H33N3O4/c1-26(2,3)24-30-31-25(34-24)29-22-11-7-20(8-12-22)19-5-9-21(10-6-19)28-17-15-27(35-28,16-18-28)14-13-23(32)33-4/h5-12H,13-18H2,1-4H3,(H,29,31). The van der Waals surface area contributed by atoms with Crippen molar-refractivity contribution in [3.05, 3.63) is 60.0 Å².